The number of carbonyl (C=O) groups is 2. The van der Waals surface area contributed by atoms with E-state index in [0.717, 1.165) is 79.4 Å². The molecule has 3 rings (SSSR count). The maximum atomic E-state index is 12.6. The molecule has 1 atom stereocenters. The van der Waals surface area contributed by atoms with Crippen molar-refractivity contribution in [3.8, 4) is 11.5 Å². The number of amides is 2. The van der Waals surface area contributed by atoms with Crippen LogP contribution in [0.4, 0.5) is 4.79 Å². The van der Waals surface area contributed by atoms with Gasteiger partial charge in [0.25, 0.3) is 5.91 Å². The van der Waals surface area contributed by atoms with Crippen molar-refractivity contribution < 1.29 is 19.1 Å². The van der Waals surface area contributed by atoms with Crippen LogP contribution in [-0.2, 0) is 6.42 Å². The first-order chi connectivity index (χ1) is 19.9. The minimum atomic E-state index is -0.785. The molecule has 0 spiro atoms. The summed E-state index contributed by atoms with van der Waals surface area (Å²) in [5.74, 6) is 0.911. The van der Waals surface area contributed by atoms with Gasteiger partial charge in [-0.05, 0) is 136 Å². The van der Waals surface area contributed by atoms with Crippen LogP contribution in [-0.4, -0.2) is 17.6 Å². The molecule has 1 N–H and O–H groups in total. The van der Waals surface area contributed by atoms with Crippen molar-refractivity contribution >= 4 is 12.0 Å². The Morgan fingerprint density at radius 2 is 1.50 bits per heavy atom. The Morgan fingerprint density at radius 1 is 0.881 bits per heavy atom. The summed E-state index contributed by atoms with van der Waals surface area (Å²) < 4.78 is 12.4. The number of nitrogens with one attached hydrogen (secondary N) is 1. The van der Waals surface area contributed by atoms with Crippen molar-refractivity contribution in [2.75, 3.05) is 0 Å². The number of ether oxygens (including phenoxy) is 2. The van der Waals surface area contributed by atoms with E-state index in [9.17, 15) is 9.59 Å². The lowest BCUT2D eigenvalue weighted by Gasteiger charge is -2.38. The van der Waals surface area contributed by atoms with E-state index in [0.29, 0.717) is 11.3 Å². The summed E-state index contributed by atoms with van der Waals surface area (Å²) in [4.78, 5) is 25.0. The van der Waals surface area contributed by atoms with Gasteiger partial charge >= 0.3 is 6.09 Å². The van der Waals surface area contributed by atoms with Gasteiger partial charge in [-0.15, -0.1) is 0 Å². The van der Waals surface area contributed by atoms with Crippen LogP contribution in [0, 0.1) is 20.8 Å². The fourth-order valence-corrected chi connectivity index (χ4v) is 5.45. The first kappa shape index (κ1) is 32.9. The highest BCUT2D eigenvalue weighted by Gasteiger charge is 2.34. The third-order valence-electron chi connectivity index (χ3n) is 8.30. The fraction of sp³-hybridized carbons (Fsp3) is 0.459. The Kier molecular flexibility index (Phi) is 11.8. The second-order valence-electron chi connectivity index (χ2n) is 12.3. The molecule has 2 aromatic carbocycles. The summed E-state index contributed by atoms with van der Waals surface area (Å²) in [6.45, 7) is 16.9. The van der Waals surface area contributed by atoms with E-state index < -0.39 is 12.0 Å². The van der Waals surface area contributed by atoms with Gasteiger partial charge < -0.3 is 9.47 Å². The van der Waals surface area contributed by atoms with Gasteiger partial charge in [0.1, 0.15) is 17.1 Å². The quantitative estimate of drug-likeness (QED) is 0.273. The van der Waals surface area contributed by atoms with E-state index in [2.05, 4.69) is 58.2 Å². The van der Waals surface area contributed by atoms with Gasteiger partial charge in [-0.2, -0.15) is 0 Å². The number of rotatable bonds is 11. The lowest BCUT2D eigenvalue weighted by atomic mass is 9.85. The fourth-order valence-electron chi connectivity index (χ4n) is 5.45. The summed E-state index contributed by atoms with van der Waals surface area (Å²) in [6.07, 6.45) is 14.4. The highest BCUT2D eigenvalue weighted by atomic mass is 16.6. The van der Waals surface area contributed by atoms with Gasteiger partial charge in [0.15, 0.2) is 0 Å². The molecule has 0 saturated carbocycles. The van der Waals surface area contributed by atoms with Gasteiger partial charge in [-0.3, -0.25) is 10.1 Å². The van der Waals surface area contributed by atoms with Crippen molar-refractivity contribution in [3.05, 3.63) is 93.1 Å². The molecule has 1 aliphatic heterocycles. The van der Waals surface area contributed by atoms with Crippen molar-refractivity contribution in [2.45, 2.75) is 112 Å². The SMILES string of the molecule is CC(C)=CCC/C(C)=C/CC/C(C)=C/CC[C@]1(C)CCc2c(C)c(OC(=O)NC(=O)c3ccccc3)c(C)c(C)c2O1. The van der Waals surface area contributed by atoms with E-state index in [-0.39, 0.29) is 5.60 Å². The Morgan fingerprint density at radius 3 is 2.14 bits per heavy atom. The predicted octanol–water partition coefficient (Wildman–Crippen LogP) is 9.82. The zero-order valence-corrected chi connectivity index (χ0v) is 26.9. The maximum Gasteiger partial charge on any atom is 0.419 e. The van der Waals surface area contributed by atoms with Crippen molar-refractivity contribution in [1.29, 1.82) is 0 Å². The van der Waals surface area contributed by atoms with Gasteiger partial charge in [0.05, 0.1) is 0 Å². The monoisotopic (exact) mass is 571 g/mol. The van der Waals surface area contributed by atoms with Gasteiger partial charge in [0.2, 0.25) is 0 Å². The second kappa shape index (κ2) is 15.0. The third-order valence-corrected chi connectivity index (χ3v) is 8.30. The molecule has 0 unspecified atom stereocenters. The molecular weight excluding hydrogens is 522 g/mol. The summed E-state index contributed by atoms with van der Waals surface area (Å²) in [7, 11) is 0. The number of carbonyl (C=O) groups excluding carboxylic acids is 2. The van der Waals surface area contributed by atoms with Crippen LogP contribution in [0.1, 0.15) is 112 Å². The first-order valence-corrected chi connectivity index (χ1v) is 15.2. The Hall–Kier alpha value is -3.60. The molecule has 226 valence electrons. The molecule has 0 radical (unpaired) electrons. The molecule has 1 heterocycles. The molecule has 0 saturated heterocycles. The third kappa shape index (κ3) is 9.20. The zero-order chi connectivity index (χ0) is 30.9. The minimum Gasteiger partial charge on any atom is -0.487 e. The number of hydrogen-bond acceptors (Lipinski definition) is 4. The molecule has 5 heteroatoms. The summed E-state index contributed by atoms with van der Waals surface area (Å²) >= 11 is 0. The Labute approximate surface area is 253 Å². The predicted molar refractivity (Wildman–Crippen MR) is 173 cm³/mol. The topological polar surface area (TPSA) is 64.6 Å². The van der Waals surface area contributed by atoms with Crippen molar-refractivity contribution in [1.82, 2.24) is 5.32 Å². The van der Waals surface area contributed by atoms with E-state index in [1.807, 2.05) is 26.8 Å². The molecule has 42 heavy (non-hydrogen) atoms. The summed E-state index contributed by atoms with van der Waals surface area (Å²) in [6, 6.07) is 8.63. The van der Waals surface area contributed by atoms with Crippen LogP contribution in [0.25, 0.3) is 0 Å². The van der Waals surface area contributed by atoms with Crippen LogP contribution < -0.4 is 14.8 Å². The summed E-state index contributed by atoms with van der Waals surface area (Å²) in [5, 5.41) is 2.33. The highest BCUT2D eigenvalue weighted by Crippen LogP contribution is 2.45. The number of allylic oxidation sites excluding steroid dienone is 6. The van der Waals surface area contributed by atoms with Crippen LogP contribution in [0.5, 0.6) is 11.5 Å². The number of imide groups is 1. The van der Waals surface area contributed by atoms with E-state index in [1.165, 1.54) is 16.7 Å². The van der Waals surface area contributed by atoms with E-state index in [4.69, 9.17) is 9.47 Å². The molecule has 5 nitrogen and oxygen atoms in total. The molecule has 1 aliphatic rings. The van der Waals surface area contributed by atoms with Crippen molar-refractivity contribution in [3.63, 3.8) is 0 Å². The van der Waals surface area contributed by atoms with Crippen molar-refractivity contribution in [2.24, 2.45) is 0 Å². The van der Waals surface area contributed by atoms with Crippen LogP contribution in [0.2, 0.25) is 0 Å². The van der Waals surface area contributed by atoms with Crippen LogP contribution >= 0.6 is 0 Å². The smallest absolute Gasteiger partial charge is 0.419 e. The average Bonchev–Trinajstić information content (AvgIpc) is 2.94. The van der Waals surface area contributed by atoms with Gasteiger partial charge in [0, 0.05) is 11.1 Å². The van der Waals surface area contributed by atoms with E-state index >= 15 is 0 Å². The van der Waals surface area contributed by atoms with E-state index in [1.54, 1.807) is 24.3 Å². The van der Waals surface area contributed by atoms with Crippen LogP contribution in [0.15, 0.2) is 65.3 Å². The number of fused-ring (bicyclic) bond motifs is 1. The van der Waals surface area contributed by atoms with Gasteiger partial charge in [-0.1, -0.05) is 53.1 Å². The molecule has 0 bridgehead atoms. The molecule has 2 aromatic rings. The second-order valence-corrected chi connectivity index (χ2v) is 12.3. The molecule has 2 amide bonds. The highest BCUT2D eigenvalue weighted by molar-refractivity contribution is 6.03. The maximum absolute atomic E-state index is 12.6. The average molecular weight is 572 g/mol. The Balaban J connectivity index is 1.59. The zero-order valence-electron chi connectivity index (χ0n) is 26.9. The first-order valence-electron chi connectivity index (χ1n) is 15.2. The molecule has 0 fully saturated rings. The Bertz CT molecular complexity index is 1360. The normalized spacial score (nSPS) is 16.8. The van der Waals surface area contributed by atoms with Gasteiger partial charge in [-0.25, -0.2) is 4.79 Å². The minimum absolute atomic E-state index is 0.253. The summed E-state index contributed by atoms with van der Waals surface area (Å²) in [5.41, 5.74) is 8.21. The standard InChI is InChI=1S/C37H49NO4/c1-25(2)15-12-16-26(3)17-13-18-27(4)19-14-23-37(8)24-22-32-30(7)33(28(5)29(6)34(32)42-37)41-36(40)38-35(39)31-20-10-9-11-21-31/h9-11,15,17,19-21H,12-14,16,18,22-24H2,1-8H3,(H,38,39,40)/b26-17+,27-19+/t37-/m1/s1. The lowest BCUT2D eigenvalue weighted by Crippen LogP contribution is -2.37. The molecule has 0 aromatic heterocycles. The van der Waals surface area contributed by atoms with Crippen LogP contribution in [0.3, 0.4) is 0 Å². The molecule has 0 aliphatic carbocycles. The largest absolute Gasteiger partial charge is 0.487 e. The number of hydrogen-bond donors (Lipinski definition) is 1. The number of benzene rings is 2. The lowest BCUT2D eigenvalue weighted by molar-refractivity contribution is 0.0558. The molecular formula is C37H49NO4.